The summed E-state index contributed by atoms with van der Waals surface area (Å²) in [4.78, 5) is 24.0. The van der Waals surface area contributed by atoms with Crippen molar-refractivity contribution in [1.29, 1.82) is 0 Å². The van der Waals surface area contributed by atoms with Crippen molar-refractivity contribution < 1.29 is 18.9 Å². The van der Waals surface area contributed by atoms with Crippen LogP contribution in [0.2, 0.25) is 0 Å². The number of hydrogen-bond donors (Lipinski definition) is 1. The van der Waals surface area contributed by atoms with Gasteiger partial charge in [-0.05, 0) is 32.1 Å². The second-order valence-electron chi connectivity index (χ2n) is 4.59. The van der Waals surface area contributed by atoms with Gasteiger partial charge >= 0.3 is 11.9 Å². The van der Waals surface area contributed by atoms with Gasteiger partial charge in [0.2, 0.25) is 0 Å². The highest BCUT2D eigenvalue weighted by molar-refractivity contribution is 7.80. The number of furan rings is 1. The molecule has 2 heterocycles. The summed E-state index contributed by atoms with van der Waals surface area (Å²) >= 11 is 5.20. The number of carbonyl (C=O) groups is 1. The van der Waals surface area contributed by atoms with Crippen LogP contribution < -0.4 is 5.32 Å². The van der Waals surface area contributed by atoms with Crippen LogP contribution in [0.1, 0.15) is 25.6 Å². The van der Waals surface area contributed by atoms with E-state index in [0.717, 1.165) is 0 Å². The molecule has 118 valence electrons. The van der Waals surface area contributed by atoms with Gasteiger partial charge < -0.3 is 19.4 Å². The molecule has 1 aliphatic rings. The van der Waals surface area contributed by atoms with Gasteiger partial charge in [0.05, 0.1) is 18.2 Å². The van der Waals surface area contributed by atoms with Gasteiger partial charge in [0.15, 0.2) is 5.11 Å². The van der Waals surface area contributed by atoms with Crippen LogP contribution in [0.15, 0.2) is 27.8 Å². The molecule has 0 saturated carbocycles. The highest BCUT2D eigenvalue weighted by Gasteiger charge is 2.36. The Labute approximate surface area is 131 Å². The van der Waals surface area contributed by atoms with Gasteiger partial charge in [0, 0.05) is 12.7 Å². The van der Waals surface area contributed by atoms with Crippen molar-refractivity contribution >= 4 is 29.2 Å². The predicted molar refractivity (Wildman–Crippen MR) is 80.9 cm³/mol. The topological polar surface area (TPSA) is 97.8 Å². The van der Waals surface area contributed by atoms with Crippen molar-refractivity contribution in [2.24, 2.45) is 0 Å². The summed E-state index contributed by atoms with van der Waals surface area (Å²) in [6, 6.07) is 1.95. The predicted octanol–water partition coefficient (Wildman–Crippen LogP) is 1.89. The number of nitro groups is 1. The Morgan fingerprint density at radius 2 is 2.27 bits per heavy atom. The Bertz CT molecular complexity index is 666. The number of nitrogens with one attached hydrogen (secondary N) is 1. The lowest BCUT2D eigenvalue weighted by Crippen LogP contribution is -2.46. The molecule has 0 amide bonds. The van der Waals surface area contributed by atoms with E-state index in [1.165, 1.54) is 12.1 Å². The Hall–Kier alpha value is -2.42. The maximum Gasteiger partial charge on any atom is 0.433 e. The minimum Gasteiger partial charge on any atom is -0.463 e. The van der Waals surface area contributed by atoms with Crippen molar-refractivity contribution in [3.05, 3.63) is 39.3 Å². The van der Waals surface area contributed by atoms with Crippen LogP contribution in [0.25, 0.3) is 0 Å². The van der Waals surface area contributed by atoms with E-state index in [1.807, 2.05) is 0 Å². The normalized spacial score (nSPS) is 18.2. The van der Waals surface area contributed by atoms with Gasteiger partial charge in [-0.1, -0.05) is 0 Å². The first-order chi connectivity index (χ1) is 10.4. The summed E-state index contributed by atoms with van der Waals surface area (Å²) in [5.74, 6) is -0.696. The van der Waals surface area contributed by atoms with E-state index < -0.39 is 22.8 Å². The summed E-state index contributed by atoms with van der Waals surface area (Å²) in [5, 5.41) is 14.1. The maximum absolute atomic E-state index is 12.2. The van der Waals surface area contributed by atoms with E-state index in [-0.39, 0.29) is 12.4 Å². The number of allylic oxidation sites excluding steroid dienone is 1. The molecule has 0 radical (unpaired) electrons. The zero-order chi connectivity index (χ0) is 16.4. The van der Waals surface area contributed by atoms with Crippen LogP contribution in [-0.2, 0) is 9.53 Å². The van der Waals surface area contributed by atoms with Crippen LogP contribution in [0.5, 0.6) is 0 Å². The third kappa shape index (κ3) is 2.80. The molecule has 2 rings (SSSR count). The van der Waals surface area contributed by atoms with Crippen LogP contribution >= 0.6 is 12.2 Å². The number of hydrogen-bond acceptors (Lipinski definition) is 6. The van der Waals surface area contributed by atoms with Gasteiger partial charge in [0.1, 0.15) is 16.7 Å². The third-order valence-corrected chi connectivity index (χ3v) is 3.72. The fourth-order valence-electron chi connectivity index (χ4n) is 2.12. The largest absolute Gasteiger partial charge is 0.463 e. The van der Waals surface area contributed by atoms with Crippen LogP contribution in [0.4, 0.5) is 5.88 Å². The monoisotopic (exact) mass is 325 g/mol. The van der Waals surface area contributed by atoms with E-state index in [4.69, 9.17) is 21.4 Å². The van der Waals surface area contributed by atoms with E-state index in [0.29, 0.717) is 16.4 Å². The standard InChI is InChI=1S/C13H15N3O5S/c1-4-20-12(17)10-7(2)15(3)13(22)14-11(10)8-5-6-9(21-8)16(18)19/h5-6,11H,4H2,1-3H3,(H,14,22)/t11-/m0/s1. The first kappa shape index (κ1) is 16.0. The minimum atomic E-state index is -0.726. The van der Waals surface area contributed by atoms with Crippen molar-refractivity contribution in [2.75, 3.05) is 13.7 Å². The number of thiocarbonyl (C=S) groups is 1. The maximum atomic E-state index is 12.2. The molecule has 0 saturated heterocycles. The lowest BCUT2D eigenvalue weighted by molar-refractivity contribution is -0.402. The molecule has 22 heavy (non-hydrogen) atoms. The smallest absolute Gasteiger partial charge is 0.433 e. The quantitative estimate of drug-likeness (QED) is 0.388. The first-order valence-electron chi connectivity index (χ1n) is 6.53. The molecular formula is C13H15N3O5S. The second kappa shape index (κ2) is 6.14. The molecule has 9 heteroatoms. The second-order valence-corrected chi connectivity index (χ2v) is 4.98. The molecule has 0 fully saturated rings. The average molecular weight is 325 g/mol. The fourth-order valence-corrected chi connectivity index (χ4v) is 2.37. The molecule has 0 aliphatic carbocycles. The number of carbonyl (C=O) groups excluding carboxylic acids is 1. The van der Waals surface area contributed by atoms with E-state index in [1.54, 1.807) is 25.8 Å². The first-order valence-corrected chi connectivity index (χ1v) is 6.93. The molecule has 0 unspecified atom stereocenters. The van der Waals surface area contributed by atoms with E-state index in [9.17, 15) is 14.9 Å². The Kier molecular flexibility index (Phi) is 4.45. The molecule has 1 aliphatic heterocycles. The minimum absolute atomic E-state index is 0.217. The molecule has 0 bridgehead atoms. The van der Waals surface area contributed by atoms with Crippen LogP contribution in [-0.4, -0.2) is 34.6 Å². The van der Waals surface area contributed by atoms with Crippen molar-refractivity contribution in [3.8, 4) is 0 Å². The highest BCUT2D eigenvalue weighted by atomic mass is 32.1. The van der Waals surface area contributed by atoms with Crippen molar-refractivity contribution in [2.45, 2.75) is 19.9 Å². The lowest BCUT2D eigenvalue weighted by atomic mass is 10.0. The molecule has 0 aromatic carbocycles. The fraction of sp³-hybridized carbons (Fsp3) is 0.385. The van der Waals surface area contributed by atoms with Crippen molar-refractivity contribution in [3.63, 3.8) is 0 Å². The molecule has 1 N–H and O–H groups in total. The van der Waals surface area contributed by atoms with Crippen LogP contribution in [0.3, 0.4) is 0 Å². The summed E-state index contributed by atoms with van der Waals surface area (Å²) in [5.41, 5.74) is 0.911. The number of rotatable bonds is 4. The summed E-state index contributed by atoms with van der Waals surface area (Å²) in [6.45, 7) is 3.64. The SMILES string of the molecule is CCOC(=O)C1=C(C)N(C)C(=S)N[C@H]1c1ccc([N+](=O)[O-])o1. The molecular weight excluding hydrogens is 310 g/mol. The molecule has 1 aromatic rings. The highest BCUT2D eigenvalue weighted by Crippen LogP contribution is 2.33. The zero-order valence-electron chi connectivity index (χ0n) is 12.3. The molecule has 0 spiro atoms. The van der Waals surface area contributed by atoms with Gasteiger partial charge in [0.25, 0.3) is 0 Å². The zero-order valence-corrected chi connectivity index (χ0v) is 13.1. The van der Waals surface area contributed by atoms with Crippen LogP contribution in [0, 0.1) is 10.1 Å². The Morgan fingerprint density at radius 3 is 2.82 bits per heavy atom. The lowest BCUT2D eigenvalue weighted by Gasteiger charge is -2.34. The molecule has 8 nitrogen and oxygen atoms in total. The van der Waals surface area contributed by atoms with Gasteiger partial charge in [-0.25, -0.2) is 4.79 Å². The van der Waals surface area contributed by atoms with E-state index in [2.05, 4.69) is 5.32 Å². The summed E-state index contributed by atoms with van der Waals surface area (Å²) in [7, 11) is 1.71. The Morgan fingerprint density at radius 1 is 1.59 bits per heavy atom. The third-order valence-electron chi connectivity index (χ3n) is 3.33. The summed E-state index contributed by atoms with van der Waals surface area (Å²) in [6.07, 6.45) is 0. The number of nitrogens with zero attached hydrogens (tertiary/aromatic N) is 2. The van der Waals surface area contributed by atoms with E-state index >= 15 is 0 Å². The number of esters is 1. The van der Waals surface area contributed by atoms with Gasteiger partial charge in [-0.15, -0.1) is 0 Å². The van der Waals surface area contributed by atoms with Crippen molar-refractivity contribution in [1.82, 2.24) is 10.2 Å². The Balaban J connectivity index is 2.48. The van der Waals surface area contributed by atoms with Gasteiger partial charge in [-0.3, -0.25) is 10.1 Å². The average Bonchev–Trinajstić information content (AvgIpc) is 2.94. The molecule has 1 aromatic heterocycles. The molecule has 1 atom stereocenters. The van der Waals surface area contributed by atoms with Gasteiger partial charge in [-0.2, -0.15) is 0 Å². The summed E-state index contributed by atoms with van der Waals surface area (Å²) < 4.78 is 10.3. The number of ether oxygens (including phenoxy) is 1.